The quantitative estimate of drug-likeness (QED) is 0.440. The van der Waals surface area contributed by atoms with Gasteiger partial charge in [0.1, 0.15) is 5.75 Å². The van der Waals surface area contributed by atoms with E-state index >= 15 is 0 Å². The number of esters is 2. The Morgan fingerprint density at radius 1 is 1.18 bits per heavy atom. The molecule has 1 aromatic rings. The van der Waals surface area contributed by atoms with Gasteiger partial charge in [-0.1, -0.05) is 0 Å². The van der Waals surface area contributed by atoms with Crippen molar-refractivity contribution in [2.45, 2.75) is 27.7 Å². The molecule has 1 aromatic carbocycles. The first-order valence-electron chi connectivity index (χ1n) is 7.44. The number of benzene rings is 1. The standard InChI is InChI=1S/C17H23NO4/c1-5-18(6-2)15-10-8-14(9-11-17(20)21-7-3)16(12-15)22-13(4)19/h8-12H,5-7H2,1-4H3. The molecule has 5 nitrogen and oxygen atoms in total. The van der Waals surface area contributed by atoms with E-state index in [9.17, 15) is 9.59 Å². The Morgan fingerprint density at radius 2 is 1.86 bits per heavy atom. The van der Waals surface area contributed by atoms with Gasteiger partial charge in [-0.05, 0) is 39.0 Å². The first kappa shape index (κ1) is 17.8. The van der Waals surface area contributed by atoms with Crippen LogP contribution in [-0.2, 0) is 14.3 Å². The van der Waals surface area contributed by atoms with Crippen molar-refractivity contribution < 1.29 is 19.1 Å². The van der Waals surface area contributed by atoms with Crippen molar-refractivity contribution in [1.82, 2.24) is 0 Å². The summed E-state index contributed by atoms with van der Waals surface area (Å²) in [6.07, 6.45) is 2.91. The molecule has 0 atom stereocenters. The second-order valence-corrected chi connectivity index (χ2v) is 4.57. The maximum absolute atomic E-state index is 11.4. The molecule has 0 aliphatic carbocycles. The van der Waals surface area contributed by atoms with Gasteiger partial charge in [0, 0.05) is 43.4 Å². The van der Waals surface area contributed by atoms with Crippen LogP contribution in [0.4, 0.5) is 5.69 Å². The van der Waals surface area contributed by atoms with Crippen molar-refractivity contribution in [2.75, 3.05) is 24.6 Å². The van der Waals surface area contributed by atoms with Crippen molar-refractivity contribution in [1.29, 1.82) is 0 Å². The summed E-state index contributed by atoms with van der Waals surface area (Å²) in [5.41, 5.74) is 1.62. The van der Waals surface area contributed by atoms with Gasteiger partial charge in [0.05, 0.1) is 6.61 Å². The van der Waals surface area contributed by atoms with Crippen LogP contribution < -0.4 is 9.64 Å². The maximum atomic E-state index is 11.4. The minimum absolute atomic E-state index is 0.320. The molecule has 0 aromatic heterocycles. The molecule has 5 heteroatoms. The molecule has 0 saturated heterocycles. The number of ether oxygens (including phenoxy) is 2. The van der Waals surface area contributed by atoms with Crippen LogP contribution in [0.25, 0.3) is 6.08 Å². The highest BCUT2D eigenvalue weighted by Crippen LogP contribution is 2.27. The van der Waals surface area contributed by atoms with E-state index in [1.165, 1.54) is 13.0 Å². The highest BCUT2D eigenvalue weighted by Gasteiger charge is 2.09. The summed E-state index contributed by atoms with van der Waals surface area (Å²) in [4.78, 5) is 24.8. The van der Waals surface area contributed by atoms with E-state index in [2.05, 4.69) is 18.7 Å². The van der Waals surface area contributed by atoms with Crippen LogP contribution in [0.15, 0.2) is 24.3 Å². The number of hydrogen-bond acceptors (Lipinski definition) is 5. The molecule has 0 unspecified atom stereocenters. The Hall–Kier alpha value is -2.30. The Labute approximate surface area is 131 Å². The summed E-state index contributed by atoms with van der Waals surface area (Å²) >= 11 is 0. The smallest absolute Gasteiger partial charge is 0.330 e. The van der Waals surface area contributed by atoms with E-state index in [-0.39, 0.29) is 0 Å². The molecule has 22 heavy (non-hydrogen) atoms. The van der Waals surface area contributed by atoms with E-state index in [1.54, 1.807) is 19.1 Å². The largest absolute Gasteiger partial charge is 0.463 e. The van der Waals surface area contributed by atoms with Crippen molar-refractivity contribution in [2.24, 2.45) is 0 Å². The van der Waals surface area contributed by atoms with Crippen molar-refractivity contribution in [3.05, 3.63) is 29.8 Å². The Morgan fingerprint density at radius 3 is 2.41 bits per heavy atom. The second kappa shape index (κ2) is 8.87. The molecule has 0 radical (unpaired) electrons. The molecule has 0 aliphatic rings. The van der Waals surface area contributed by atoms with Crippen LogP contribution in [0.1, 0.15) is 33.3 Å². The van der Waals surface area contributed by atoms with Crippen LogP contribution in [0.2, 0.25) is 0 Å². The molecule has 0 spiro atoms. The topological polar surface area (TPSA) is 55.8 Å². The number of carbonyl (C=O) groups excluding carboxylic acids is 2. The lowest BCUT2D eigenvalue weighted by atomic mass is 10.1. The third kappa shape index (κ3) is 5.24. The zero-order valence-corrected chi connectivity index (χ0v) is 13.6. The Kier molecular flexibility index (Phi) is 7.16. The SMILES string of the molecule is CCOC(=O)C=Cc1ccc(N(CC)CC)cc1OC(C)=O. The molecular formula is C17H23NO4. The fraction of sp³-hybridized carbons (Fsp3) is 0.412. The summed E-state index contributed by atoms with van der Waals surface area (Å²) < 4.78 is 10.1. The van der Waals surface area contributed by atoms with Crippen molar-refractivity contribution in [3.63, 3.8) is 0 Å². The number of hydrogen-bond donors (Lipinski definition) is 0. The highest BCUT2D eigenvalue weighted by atomic mass is 16.5. The molecular weight excluding hydrogens is 282 g/mol. The Bertz CT molecular complexity index is 548. The molecule has 0 N–H and O–H groups in total. The van der Waals surface area contributed by atoms with Crippen LogP contribution in [0.3, 0.4) is 0 Å². The Balaban J connectivity index is 3.10. The molecule has 120 valence electrons. The normalized spacial score (nSPS) is 10.5. The molecule has 0 aliphatic heterocycles. The van der Waals surface area contributed by atoms with Gasteiger partial charge in [-0.3, -0.25) is 4.79 Å². The number of carbonyl (C=O) groups is 2. The molecule has 0 amide bonds. The van der Waals surface area contributed by atoms with Gasteiger partial charge in [0.25, 0.3) is 0 Å². The summed E-state index contributed by atoms with van der Waals surface area (Å²) in [7, 11) is 0. The lowest BCUT2D eigenvalue weighted by Crippen LogP contribution is -2.21. The monoisotopic (exact) mass is 305 g/mol. The van der Waals surface area contributed by atoms with Gasteiger partial charge in [-0.15, -0.1) is 0 Å². The van der Waals surface area contributed by atoms with E-state index < -0.39 is 11.9 Å². The molecule has 0 bridgehead atoms. The van der Waals surface area contributed by atoms with Crippen LogP contribution in [0, 0.1) is 0 Å². The summed E-state index contributed by atoms with van der Waals surface area (Å²) in [5.74, 6) is -0.399. The third-order valence-corrected chi connectivity index (χ3v) is 3.06. The predicted molar refractivity (Wildman–Crippen MR) is 87.0 cm³/mol. The highest BCUT2D eigenvalue weighted by molar-refractivity contribution is 5.88. The molecule has 0 saturated carbocycles. The summed E-state index contributed by atoms with van der Waals surface area (Å²) in [5, 5.41) is 0. The number of nitrogens with zero attached hydrogens (tertiary/aromatic N) is 1. The zero-order chi connectivity index (χ0) is 16.5. The van der Waals surface area contributed by atoms with Gasteiger partial charge < -0.3 is 14.4 Å². The summed E-state index contributed by atoms with van der Waals surface area (Å²) in [6.45, 7) is 9.24. The van der Waals surface area contributed by atoms with E-state index in [1.807, 2.05) is 12.1 Å². The van der Waals surface area contributed by atoms with E-state index in [4.69, 9.17) is 9.47 Å². The molecule has 1 rings (SSSR count). The first-order chi connectivity index (χ1) is 10.5. The lowest BCUT2D eigenvalue weighted by Gasteiger charge is -2.22. The van der Waals surface area contributed by atoms with Gasteiger partial charge in [0.15, 0.2) is 0 Å². The van der Waals surface area contributed by atoms with Gasteiger partial charge >= 0.3 is 11.9 Å². The van der Waals surface area contributed by atoms with Crippen LogP contribution in [-0.4, -0.2) is 31.6 Å². The van der Waals surface area contributed by atoms with Gasteiger partial charge in [0.2, 0.25) is 0 Å². The van der Waals surface area contributed by atoms with Gasteiger partial charge in [-0.2, -0.15) is 0 Å². The average molecular weight is 305 g/mol. The number of rotatable bonds is 7. The summed E-state index contributed by atoms with van der Waals surface area (Å²) in [6, 6.07) is 5.56. The molecule has 0 heterocycles. The van der Waals surface area contributed by atoms with Gasteiger partial charge in [-0.25, -0.2) is 4.79 Å². The van der Waals surface area contributed by atoms with Crippen LogP contribution >= 0.6 is 0 Å². The van der Waals surface area contributed by atoms with Crippen molar-refractivity contribution in [3.8, 4) is 5.75 Å². The van der Waals surface area contributed by atoms with Crippen molar-refractivity contribution >= 4 is 23.7 Å². The predicted octanol–water partition coefficient (Wildman–Crippen LogP) is 3.03. The van der Waals surface area contributed by atoms with Crippen LogP contribution in [0.5, 0.6) is 5.75 Å². The fourth-order valence-electron chi connectivity index (χ4n) is 2.04. The molecule has 0 fully saturated rings. The number of anilines is 1. The average Bonchev–Trinajstić information content (AvgIpc) is 2.47. The fourth-order valence-corrected chi connectivity index (χ4v) is 2.04. The van der Waals surface area contributed by atoms with E-state index in [0.29, 0.717) is 17.9 Å². The maximum Gasteiger partial charge on any atom is 0.330 e. The second-order valence-electron chi connectivity index (χ2n) is 4.57. The zero-order valence-electron chi connectivity index (χ0n) is 13.6. The first-order valence-corrected chi connectivity index (χ1v) is 7.44. The lowest BCUT2D eigenvalue weighted by molar-refractivity contribution is -0.137. The minimum Gasteiger partial charge on any atom is -0.463 e. The minimum atomic E-state index is -0.427. The van der Waals surface area contributed by atoms with E-state index in [0.717, 1.165) is 18.8 Å². The third-order valence-electron chi connectivity index (χ3n) is 3.06.